The predicted octanol–water partition coefficient (Wildman–Crippen LogP) is 4.49. The SMILES string of the molecule is CCOC(=O)c1cc(-c2cccc(NC(=O)c3cnn(C)c3Cl)c2)n(-c2ccc(F)cc2)n1. The Kier molecular flexibility index (Phi) is 6.23. The summed E-state index contributed by atoms with van der Waals surface area (Å²) in [5.74, 6) is -1.38. The predicted molar refractivity (Wildman–Crippen MR) is 121 cm³/mol. The molecule has 0 saturated carbocycles. The first kappa shape index (κ1) is 22.2. The highest BCUT2D eigenvalue weighted by Gasteiger charge is 2.19. The third-order valence-electron chi connectivity index (χ3n) is 4.79. The molecule has 0 atom stereocenters. The van der Waals surface area contributed by atoms with Gasteiger partial charge in [-0.05, 0) is 49.4 Å². The van der Waals surface area contributed by atoms with E-state index in [1.807, 2.05) is 0 Å². The molecule has 8 nitrogen and oxygen atoms in total. The number of aryl methyl sites for hydroxylation is 1. The van der Waals surface area contributed by atoms with Gasteiger partial charge in [0.2, 0.25) is 0 Å². The molecule has 0 aliphatic rings. The minimum absolute atomic E-state index is 0.104. The maximum atomic E-state index is 13.4. The zero-order chi connectivity index (χ0) is 23.5. The molecule has 4 aromatic rings. The van der Waals surface area contributed by atoms with Crippen LogP contribution in [0.15, 0.2) is 60.8 Å². The summed E-state index contributed by atoms with van der Waals surface area (Å²) in [5.41, 5.74) is 2.62. The van der Waals surface area contributed by atoms with Gasteiger partial charge in [-0.2, -0.15) is 10.2 Å². The standard InChI is InChI=1S/C23H19ClFN5O3/c1-3-33-23(32)19-12-20(30(28-19)17-9-7-15(25)8-10-17)14-5-4-6-16(11-14)27-22(31)18-13-26-29(2)21(18)24/h4-13H,3H2,1-2H3,(H,27,31). The van der Waals surface area contributed by atoms with Gasteiger partial charge in [0.1, 0.15) is 11.0 Å². The van der Waals surface area contributed by atoms with Crippen molar-refractivity contribution >= 4 is 29.2 Å². The Bertz CT molecular complexity index is 1330. The van der Waals surface area contributed by atoms with Gasteiger partial charge in [-0.15, -0.1) is 0 Å². The number of carbonyl (C=O) groups excluding carboxylic acids is 2. The summed E-state index contributed by atoms with van der Waals surface area (Å²) in [7, 11) is 1.64. The largest absolute Gasteiger partial charge is 0.461 e. The third kappa shape index (κ3) is 4.63. The number of amides is 1. The Morgan fingerprint density at radius 3 is 2.58 bits per heavy atom. The molecule has 2 aromatic carbocycles. The second-order valence-electron chi connectivity index (χ2n) is 7.03. The topological polar surface area (TPSA) is 91.0 Å². The molecule has 0 unspecified atom stereocenters. The van der Waals surface area contributed by atoms with E-state index in [9.17, 15) is 14.0 Å². The van der Waals surface area contributed by atoms with Gasteiger partial charge in [-0.1, -0.05) is 23.7 Å². The van der Waals surface area contributed by atoms with Crippen LogP contribution in [-0.4, -0.2) is 38.0 Å². The fourth-order valence-corrected chi connectivity index (χ4v) is 3.38. The Hall–Kier alpha value is -3.98. The molecule has 2 aromatic heterocycles. The lowest BCUT2D eigenvalue weighted by Gasteiger charge is -2.10. The Morgan fingerprint density at radius 1 is 1.15 bits per heavy atom. The van der Waals surface area contributed by atoms with Crippen LogP contribution in [0.25, 0.3) is 16.9 Å². The van der Waals surface area contributed by atoms with Crippen LogP contribution in [0.3, 0.4) is 0 Å². The maximum Gasteiger partial charge on any atom is 0.358 e. The van der Waals surface area contributed by atoms with Crippen LogP contribution in [0, 0.1) is 5.82 Å². The first-order valence-corrected chi connectivity index (χ1v) is 10.4. The van der Waals surface area contributed by atoms with E-state index in [1.54, 1.807) is 56.4 Å². The highest BCUT2D eigenvalue weighted by Crippen LogP contribution is 2.27. The molecule has 0 radical (unpaired) electrons. The van der Waals surface area contributed by atoms with Crippen molar-refractivity contribution in [3.63, 3.8) is 0 Å². The number of ether oxygens (including phenoxy) is 1. The number of anilines is 1. The van der Waals surface area contributed by atoms with Crippen molar-refractivity contribution in [1.29, 1.82) is 0 Å². The van der Waals surface area contributed by atoms with Crippen molar-refractivity contribution in [2.24, 2.45) is 7.05 Å². The van der Waals surface area contributed by atoms with E-state index in [0.29, 0.717) is 22.6 Å². The summed E-state index contributed by atoms with van der Waals surface area (Å²) >= 11 is 6.11. The molecular formula is C23H19ClFN5O3. The van der Waals surface area contributed by atoms with Crippen LogP contribution in [0.4, 0.5) is 10.1 Å². The fourth-order valence-electron chi connectivity index (χ4n) is 3.20. The lowest BCUT2D eigenvalue weighted by atomic mass is 10.1. The van der Waals surface area contributed by atoms with Crippen LogP contribution in [0.1, 0.15) is 27.8 Å². The molecule has 1 amide bonds. The molecule has 0 aliphatic carbocycles. The normalized spacial score (nSPS) is 10.8. The van der Waals surface area contributed by atoms with Crippen molar-refractivity contribution in [3.05, 3.63) is 83.0 Å². The molecule has 0 aliphatic heterocycles. The third-order valence-corrected chi connectivity index (χ3v) is 5.24. The number of benzene rings is 2. The van der Waals surface area contributed by atoms with Crippen LogP contribution in [0.5, 0.6) is 0 Å². The molecular weight excluding hydrogens is 449 g/mol. The molecule has 0 fully saturated rings. The molecule has 10 heteroatoms. The molecule has 2 heterocycles. The van der Waals surface area contributed by atoms with Crippen LogP contribution in [-0.2, 0) is 11.8 Å². The fraction of sp³-hybridized carbons (Fsp3) is 0.130. The van der Waals surface area contributed by atoms with Crippen LogP contribution >= 0.6 is 11.6 Å². The highest BCUT2D eigenvalue weighted by atomic mass is 35.5. The minimum Gasteiger partial charge on any atom is -0.461 e. The molecule has 168 valence electrons. The molecule has 0 saturated heterocycles. The van der Waals surface area contributed by atoms with Crippen molar-refractivity contribution in [2.75, 3.05) is 11.9 Å². The first-order chi connectivity index (χ1) is 15.9. The van der Waals surface area contributed by atoms with Crippen molar-refractivity contribution in [2.45, 2.75) is 6.92 Å². The second-order valence-corrected chi connectivity index (χ2v) is 7.39. The molecule has 0 bridgehead atoms. The van der Waals surface area contributed by atoms with Gasteiger partial charge in [0.15, 0.2) is 5.69 Å². The van der Waals surface area contributed by atoms with E-state index in [0.717, 1.165) is 0 Å². The van der Waals surface area contributed by atoms with Gasteiger partial charge < -0.3 is 10.1 Å². The number of hydrogen-bond donors (Lipinski definition) is 1. The van der Waals surface area contributed by atoms with E-state index >= 15 is 0 Å². The minimum atomic E-state index is -0.574. The average molecular weight is 468 g/mol. The quantitative estimate of drug-likeness (QED) is 0.422. The second kappa shape index (κ2) is 9.25. The Balaban J connectivity index is 1.72. The lowest BCUT2D eigenvalue weighted by molar-refractivity contribution is 0.0519. The summed E-state index contributed by atoms with van der Waals surface area (Å²) in [4.78, 5) is 24.9. The van der Waals surface area contributed by atoms with Crippen LogP contribution < -0.4 is 5.32 Å². The zero-order valence-corrected chi connectivity index (χ0v) is 18.5. The number of nitrogens with one attached hydrogen (secondary N) is 1. The lowest BCUT2D eigenvalue weighted by Crippen LogP contribution is -2.12. The van der Waals surface area contributed by atoms with Gasteiger partial charge in [-0.3, -0.25) is 9.48 Å². The number of aromatic nitrogens is 4. The zero-order valence-electron chi connectivity index (χ0n) is 17.8. The monoisotopic (exact) mass is 467 g/mol. The Morgan fingerprint density at radius 2 is 1.91 bits per heavy atom. The number of carbonyl (C=O) groups is 2. The maximum absolute atomic E-state index is 13.4. The van der Waals surface area contributed by atoms with Crippen molar-refractivity contribution < 1.29 is 18.7 Å². The van der Waals surface area contributed by atoms with Gasteiger partial charge in [0.25, 0.3) is 5.91 Å². The smallest absolute Gasteiger partial charge is 0.358 e. The summed E-state index contributed by atoms with van der Waals surface area (Å²) in [6.45, 7) is 1.91. The summed E-state index contributed by atoms with van der Waals surface area (Å²) in [6, 6.07) is 14.3. The number of halogens is 2. The van der Waals surface area contributed by atoms with Gasteiger partial charge >= 0.3 is 5.97 Å². The Labute approximate surface area is 193 Å². The van der Waals surface area contributed by atoms with E-state index in [-0.39, 0.29) is 23.0 Å². The van der Waals surface area contributed by atoms with Gasteiger partial charge in [-0.25, -0.2) is 13.9 Å². The summed E-state index contributed by atoms with van der Waals surface area (Å²) < 4.78 is 21.4. The molecule has 33 heavy (non-hydrogen) atoms. The number of rotatable bonds is 6. The van der Waals surface area contributed by atoms with Gasteiger partial charge in [0.05, 0.1) is 29.7 Å². The van der Waals surface area contributed by atoms with E-state index in [2.05, 4.69) is 15.5 Å². The molecule has 0 spiro atoms. The van der Waals surface area contributed by atoms with E-state index < -0.39 is 17.7 Å². The average Bonchev–Trinajstić information content (AvgIpc) is 3.39. The number of nitrogens with zero attached hydrogens (tertiary/aromatic N) is 4. The highest BCUT2D eigenvalue weighted by molar-refractivity contribution is 6.33. The number of hydrogen-bond acceptors (Lipinski definition) is 5. The van der Waals surface area contributed by atoms with Crippen LogP contribution in [0.2, 0.25) is 5.15 Å². The summed E-state index contributed by atoms with van der Waals surface area (Å²) in [5, 5.41) is 11.3. The van der Waals surface area contributed by atoms with E-state index in [4.69, 9.17) is 16.3 Å². The van der Waals surface area contributed by atoms with E-state index in [1.165, 1.54) is 27.7 Å². The van der Waals surface area contributed by atoms with Crippen molar-refractivity contribution in [3.8, 4) is 16.9 Å². The molecule has 1 N–H and O–H groups in total. The van der Waals surface area contributed by atoms with Crippen molar-refractivity contribution in [1.82, 2.24) is 19.6 Å². The molecule has 4 rings (SSSR count). The first-order valence-electron chi connectivity index (χ1n) is 9.99. The summed E-state index contributed by atoms with van der Waals surface area (Å²) in [6.07, 6.45) is 1.39. The van der Waals surface area contributed by atoms with Gasteiger partial charge in [0, 0.05) is 18.3 Å². The number of esters is 1.